The highest BCUT2D eigenvalue weighted by atomic mass is 16.5. The van der Waals surface area contributed by atoms with Crippen molar-refractivity contribution in [3.63, 3.8) is 0 Å². The maximum Gasteiger partial charge on any atom is 0.291 e. The molecule has 2 N–H and O–H groups in total. The standard InChI is InChI=1S/C28H24N2O5/c1-17(24-16-20-7-5-9-23(33-2)27(20)35-24)29-26(31)14-18-10-12-21(13-11-18)30-28(32)25-15-19-6-3-4-8-22(19)34-25/h3-13,15-17H,14H2,1-2H3,(H,29,31)(H,30,32). The Balaban J connectivity index is 1.19. The molecule has 3 aromatic carbocycles. The first-order valence-corrected chi connectivity index (χ1v) is 11.2. The molecular weight excluding hydrogens is 444 g/mol. The van der Waals surface area contributed by atoms with Gasteiger partial charge in [-0.15, -0.1) is 0 Å². The number of benzene rings is 3. The summed E-state index contributed by atoms with van der Waals surface area (Å²) in [5.41, 5.74) is 2.76. The van der Waals surface area contributed by atoms with Crippen molar-refractivity contribution in [2.45, 2.75) is 19.4 Å². The minimum absolute atomic E-state index is 0.135. The number of carbonyl (C=O) groups is 2. The Morgan fingerprint density at radius 1 is 0.914 bits per heavy atom. The topological polar surface area (TPSA) is 93.7 Å². The van der Waals surface area contributed by atoms with Gasteiger partial charge in [0.15, 0.2) is 17.1 Å². The molecule has 0 saturated heterocycles. The maximum absolute atomic E-state index is 12.6. The molecule has 176 valence electrons. The average molecular weight is 469 g/mol. The number of rotatable bonds is 7. The zero-order valence-electron chi connectivity index (χ0n) is 19.3. The SMILES string of the molecule is COc1cccc2cc(C(C)NC(=O)Cc3ccc(NC(=O)c4cc5ccccc5o4)cc3)oc12. The number of hydrogen-bond acceptors (Lipinski definition) is 5. The predicted molar refractivity (Wildman–Crippen MR) is 134 cm³/mol. The molecule has 2 heterocycles. The third-order valence-electron chi connectivity index (χ3n) is 5.78. The zero-order chi connectivity index (χ0) is 24.4. The van der Waals surface area contributed by atoms with Crippen LogP contribution in [0.1, 0.15) is 34.8 Å². The van der Waals surface area contributed by atoms with Crippen LogP contribution in [0.4, 0.5) is 5.69 Å². The molecule has 2 amide bonds. The van der Waals surface area contributed by atoms with Gasteiger partial charge in [-0.1, -0.05) is 42.5 Å². The van der Waals surface area contributed by atoms with E-state index < -0.39 is 0 Å². The van der Waals surface area contributed by atoms with Crippen LogP contribution in [-0.2, 0) is 11.2 Å². The minimum Gasteiger partial charge on any atom is -0.493 e. The van der Waals surface area contributed by atoms with Gasteiger partial charge in [-0.25, -0.2) is 0 Å². The van der Waals surface area contributed by atoms with Crippen LogP contribution in [0.25, 0.3) is 21.9 Å². The molecule has 0 aliphatic carbocycles. The largest absolute Gasteiger partial charge is 0.493 e. The van der Waals surface area contributed by atoms with E-state index in [2.05, 4.69) is 10.6 Å². The lowest BCUT2D eigenvalue weighted by Crippen LogP contribution is -2.27. The molecule has 0 bridgehead atoms. The second-order valence-corrected chi connectivity index (χ2v) is 8.29. The summed E-state index contributed by atoms with van der Waals surface area (Å²) >= 11 is 0. The van der Waals surface area contributed by atoms with Crippen LogP contribution in [0.3, 0.4) is 0 Å². The number of nitrogens with one attached hydrogen (secondary N) is 2. The number of carbonyl (C=O) groups excluding carboxylic acids is 2. The molecule has 7 heteroatoms. The Morgan fingerprint density at radius 3 is 2.46 bits per heavy atom. The van der Waals surface area contributed by atoms with Gasteiger partial charge in [0.1, 0.15) is 11.3 Å². The Kier molecular flexibility index (Phi) is 5.97. The second-order valence-electron chi connectivity index (χ2n) is 8.29. The van der Waals surface area contributed by atoms with Crippen LogP contribution >= 0.6 is 0 Å². The number of ether oxygens (including phenoxy) is 1. The summed E-state index contributed by atoms with van der Waals surface area (Å²) < 4.78 is 16.9. The van der Waals surface area contributed by atoms with E-state index in [9.17, 15) is 9.59 Å². The van der Waals surface area contributed by atoms with Gasteiger partial charge in [0, 0.05) is 16.5 Å². The fraction of sp³-hybridized carbons (Fsp3) is 0.143. The molecule has 5 rings (SSSR count). The molecule has 0 fully saturated rings. The summed E-state index contributed by atoms with van der Waals surface area (Å²) in [5, 5.41) is 7.58. The van der Waals surface area contributed by atoms with E-state index in [0.717, 1.165) is 16.3 Å². The lowest BCUT2D eigenvalue weighted by molar-refractivity contribution is -0.121. The number of para-hydroxylation sites is 2. The smallest absolute Gasteiger partial charge is 0.291 e. The van der Waals surface area contributed by atoms with Crippen LogP contribution in [0.2, 0.25) is 0 Å². The molecule has 0 radical (unpaired) electrons. The highest BCUT2D eigenvalue weighted by Crippen LogP contribution is 2.31. The van der Waals surface area contributed by atoms with Crippen LogP contribution in [-0.4, -0.2) is 18.9 Å². The van der Waals surface area contributed by atoms with Crippen molar-refractivity contribution in [1.82, 2.24) is 5.32 Å². The summed E-state index contributed by atoms with van der Waals surface area (Å²) in [5.74, 6) is 1.08. The quantitative estimate of drug-likeness (QED) is 0.312. The van der Waals surface area contributed by atoms with Crippen LogP contribution in [0.5, 0.6) is 5.75 Å². The average Bonchev–Trinajstić information content (AvgIpc) is 3.49. The van der Waals surface area contributed by atoms with E-state index in [0.29, 0.717) is 28.4 Å². The molecular formula is C28H24N2O5. The van der Waals surface area contributed by atoms with Gasteiger partial charge in [0.25, 0.3) is 5.91 Å². The van der Waals surface area contributed by atoms with E-state index >= 15 is 0 Å². The molecule has 1 atom stereocenters. The van der Waals surface area contributed by atoms with Gasteiger partial charge in [-0.3, -0.25) is 9.59 Å². The maximum atomic E-state index is 12.6. The molecule has 7 nitrogen and oxygen atoms in total. The molecule has 1 unspecified atom stereocenters. The highest BCUT2D eigenvalue weighted by Gasteiger charge is 2.17. The molecule has 5 aromatic rings. The summed E-state index contributed by atoms with van der Waals surface area (Å²) in [6.07, 6.45) is 0.200. The zero-order valence-corrected chi connectivity index (χ0v) is 19.3. The van der Waals surface area contributed by atoms with E-state index in [1.54, 1.807) is 25.3 Å². The van der Waals surface area contributed by atoms with Gasteiger partial charge in [0.05, 0.1) is 19.6 Å². The summed E-state index contributed by atoms with van der Waals surface area (Å²) in [6, 6.07) is 23.6. The van der Waals surface area contributed by atoms with Crippen LogP contribution < -0.4 is 15.4 Å². The van der Waals surface area contributed by atoms with Crippen molar-refractivity contribution in [3.8, 4) is 5.75 Å². The Morgan fingerprint density at radius 2 is 1.69 bits per heavy atom. The van der Waals surface area contributed by atoms with Gasteiger partial charge in [-0.05, 0) is 48.9 Å². The minimum atomic E-state index is -0.331. The van der Waals surface area contributed by atoms with E-state index in [4.69, 9.17) is 13.6 Å². The van der Waals surface area contributed by atoms with Crippen molar-refractivity contribution in [3.05, 3.63) is 95.9 Å². The first-order valence-electron chi connectivity index (χ1n) is 11.2. The summed E-state index contributed by atoms with van der Waals surface area (Å²) in [7, 11) is 1.59. The predicted octanol–water partition coefficient (Wildman–Crippen LogP) is 5.86. The Labute approximate surface area is 201 Å². The first kappa shape index (κ1) is 22.3. The number of hydrogen-bond donors (Lipinski definition) is 2. The van der Waals surface area contributed by atoms with E-state index in [1.807, 2.05) is 67.6 Å². The number of amides is 2. The Hall–Kier alpha value is -4.52. The second kappa shape index (κ2) is 9.38. The highest BCUT2D eigenvalue weighted by molar-refractivity contribution is 6.04. The van der Waals surface area contributed by atoms with Gasteiger partial charge in [-0.2, -0.15) is 0 Å². The summed E-state index contributed by atoms with van der Waals surface area (Å²) in [6.45, 7) is 1.87. The molecule has 0 spiro atoms. The molecule has 0 aliphatic rings. The molecule has 0 saturated carbocycles. The van der Waals surface area contributed by atoms with Gasteiger partial charge in [0.2, 0.25) is 5.91 Å². The molecule has 2 aromatic heterocycles. The fourth-order valence-electron chi connectivity index (χ4n) is 3.97. The number of furan rings is 2. The molecule has 0 aliphatic heterocycles. The third-order valence-corrected chi connectivity index (χ3v) is 5.78. The lowest BCUT2D eigenvalue weighted by Gasteiger charge is -2.12. The Bertz CT molecular complexity index is 1480. The van der Waals surface area contributed by atoms with E-state index in [-0.39, 0.29) is 30.0 Å². The first-order chi connectivity index (χ1) is 17.0. The van der Waals surface area contributed by atoms with Crippen molar-refractivity contribution in [2.24, 2.45) is 0 Å². The van der Waals surface area contributed by atoms with Crippen molar-refractivity contribution < 1.29 is 23.2 Å². The van der Waals surface area contributed by atoms with Crippen molar-refractivity contribution in [1.29, 1.82) is 0 Å². The van der Waals surface area contributed by atoms with Gasteiger partial charge < -0.3 is 24.2 Å². The fourth-order valence-corrected chi connectivity index (χ4v) is 3.97. The number of fused-ring (bicyclic) bond motifs is 2. The lowest BCUT2D eigenvalue weighted by atomic mass is 10.1. The van der Waals surface area contributed by atoms with Crippen LogP contribution in [0.15, 0.2) is 87.7 Å². The van der Waals surface area contributed by atoms with Crippen molar-refractivity contribution in [2.75, 3.05) is 12.4 Å². The normalized spacial score (nSPS) is 11.9. The summed E-state index contributed by atoms with van der Waals surface area (Å²) in [4.78, 5) is 25.1. The van der Waals surface area contributed by atoms with E-state index in [1.165, 1.54) is 0 Å². The third kappa shape index (κ3) is 4.75. The monoisotopic (exact) mass is 468 g/mol. The van der Waals surface area contributed by atoms with Crippen LogP contribution in [0, 0.1) is 0 Å². The van der Waals surface area contributed by atoms with Crippen molar-refractivity contribution >= 4 is 39.4 Å². The number of methoxy groups -OCH3 is 1. The molecule has 35 heavy (non-hydrogen) atoms. The number of anilines is 1. The van der Waals surface area contributed by atoms with Gasteiger partial charge >= 0.3 is 0 Å².